The molecule has 20 heavy (non-hydrogen) atoms. The Morgan fingerprint density at radius 1 is 1.35 bits per heavy atom. The minimum absolute atomic E-state index is 0.0265. The van der Waals surface area contributed by atoms with Crippen molar-refractivity contribution in [1.82, 2.24) is 19.3 Å². The number of aromatic nitrogens is 4. The number of aryl methyl sites for hydroxylation is 2. The first-order valence-electron chi connectivity index (χ1n) is 7.50. The summed E-state index contributed by atoms with van der Waals surface area (Å²) >= 11 is 0. The van der Waals surface area contributed by atoms with E-state index in [2.05, 4.69) is 17.0 Å². The largest absolute Gasteiger partial charge is 0.391 e. The average molecular weight is 277 g/mol. The van der Waals surface area contributed by atoms with Crippen LogP contribution in [0.3, 0.4) is 0 Å². The van der Waals surface area contributed by atoms with Crippen molar-refractivity contribution in [3.63, 3.8) is 0 Å². The second-order valence-corrected chi connectivity index (χ2v) is 5.75. The topological polar surface area (TPSA) is 81.9 Å². The molecule has 2 heterocycles. The van der Waals surface area contributed by atoms with E-state index in [9.17, 15) is 5.11 Å². The highest BCUT2D eigenvalue weighted by atomic mass is 16.3. The Morgan fingerprint density at radius 3 is 2.80 bits per heavy atom. The maximum Gasteiger partial charge on any atom is 0.202 e. The van der Waals surface area contributed by atoms with Crippen molar-refractivity contribution < 1.29 is 5.11 Å². The Bertz CT molecular complexity index is 615. The second-order valence-electron chi connectivity index (χ2n) is 5.75. The van der Waals surface area contributed by atoms with E-state index in [-0.39, 0.29) is 12.1 Å². The summed E-state index contributed by atoms with van der Waals surface area (Å²) in [7, 11) is 1.92. The number of rotatable bonds is 3. The summed E-state index contributed by atoms with van der Waals surface area (Å²) in [5, 5.41) is 14.8. The van der Waals surface area contributed by atoms with E-state index < -0.39 is 0 Å². The lowest BCUT2D eigenvalue weighted by atomic mass is 9.92. The van der Waals surface area contributed by atoms with Crippen LogP contribution in [0.2, 0.25) is 0 Å². The molecule has 2 atom stereocenters. The van der Waals surface area contributed by atoms with Crippen molar-refractivity contribution in [3.05, 3.63) is 5.69 Å². The Labute approximate surface area is 118 Å². The highest BCUT2D eigenvalue weighted by Gasteiger charge is 2.29. The number of hydrogen-bond donors (Lipinski definition) is 2. The lowest BCUT2D eigenvalue weighted by molar-refractivity contribution is 0.0778. The Kier molecular flexibility index (Phi) is 3.41. The first-order valence-corrected chi connectivity index (χ1v) is 7.50. The molecule has 0 aliphatic heterocycles. The van der Waals surface area contributed by atoms with Crippen LogP contribution in [0.15, 0.2) is 0 Å². The molecule has 0 aromatic carbocycles. The number of imidazole rings is 1. The van der Waals surface area contributed by atoms with Crippen LogP contribution < -0.4 is 5.73 Å². The SMILES string of the molecule is CCCc1nn(C)c2c1nc(N)n2C1CCCCC1O. The van der Waals surface area contributed by atoms with Gasteiger partial charge in [-0.3, -0.25) is 9.25 Å². The summed E-state index contributed by atoms with van der Waals surface area (Å²) in [6.07, 6.45) is 5.59. The third-order valence-electron chi connectivity index (χ3n) is 4.28. The van der Waals surface area contributed by atoms with Gasteiger partial charge in [0.05, 0.1) is 17.8 Å². The molecule has 2 aromatic heterocycles. The van der Waals surface area contributed by atoms with Gasteiger partial charge in [-0.05, 0) is 19.3 Å². The summed E-state index contributed by atoms with van der Waals surface area (Å²) in [6.45, 7) is 2.13. The normalized spacial score (nSPS) is 23.6. The van der Waals surface area contributed by atoms with Crippen molar-refractivity contribution in [3.8, 4) is 0 Å². The molecule has 110 valence electrons. The van der Waals surface area contributed by atoms with Crippen molar-refractivity contribution in [1.29, 1.82) is 0 Å². The van der Waals surface area contributed by atoms with E-state index in [4.69, 9.17) is 5.73 Å². The van der Waals surface area contributed by atoms with Crippen molar-refractivity contribution in [2.75, 3.05) is 5.73 Å². The van der Waals surface area contributed by atoms with Crippen LogP contribution >= 0.6 is 0 Å². The summed E-state index contributed by atoms with van der Waals surface area (Å²) in [5.74, 6) is 0.497. The van der Waals surface area contributed by atoms with Crippen molar-refractivity contribution in [2.45, 2.75) is 57.6 Å². The Hall–Kier alpha value is -1.56. The number of aliphatic hydroxyl groups is 1. The van der Waals surface area contributed by atoms with Gasteiger partial charge in [0.25, 0.3) is 0 Å². The fourth-order valence-electron chi connectivity index (χ4n) is 3.34. The summed E-state index contributed by atoms with van der Waals surface area (Å²) in [4.78, 5) is 4.51. The number of fused-ring (bicyclic) bond motifs is 1. The van der Waals surface area contributed by atoms with Crippen LogP contribution in [0.1, 0.15) is 50.8 Å². The molecule has 1 aliphatic carbocycles. The van der Waals surface area contributed by atoms with E-state index >= 15 is 0 Å². The number of nitrogens with zero attached hydrogens (tertiary/aromatic N) is 4. The highest BCUT2D eigenvalue weighted by molar-refractivity contribution is 5.78. The lowest BCUT2D eigenvalue weighted by Crippen LogP contribution is -2.29. The quantitative estimate of drug-likeness (QED) is 0.896. The van der Waals surface area contributed by atoms with E-state index in [1.165, 1.54) is 0 Å². The third kappa shape index (κ3) is 1.98. The van der Waals surface area contributed by atoms with Gasteiger partial charge in [-0.15, -0.1) is 0 Å². The van der Waals surface area contributed by atoms with Gasteiger partial charge in [-0.25, -0.2) is 4.98 Å². The van der Waals surface area contributed by atoms with Gasteiger partial charge in [0, 0.05) is 7.05 Å². The molecule has 0 amide bonds. The van der Waals surface area contributed by atoms with Crippen molar-refractivity contribution in [2.24, 2.45) is 7.05 Å². The molecule has 1 fully saturated rings. The zero-order chi connectivity index (χ0) is 14.3. The molecule has 3 N–H and O–H groups in total. The van der Waals surface area contributed by atoms with E-state index in [0.717, 1.165) is 55.4 Å². The highest BCUT2D eigenvalue weighted by Crippen LogP contribution is 2.34. The first kappa shape index (κ1) is 13.4. The maximum atomic E-state index is 10.3. The van der Waals surface area contributed by atoms with Crippen LogP contribution in [0, 0.1) is 0 Å². The fraction of sp³-hybridized carbons (Fsp3) is 0.714. The van der Waals surface area contributed by atoms with Crippen LogP contribution in [-0.2, 0) is 13.5 Å². The Balaban J connectivity index is 2.12. The molecule has 0 spiro atoms. The minimum Gasteiger partial charge on any atom is -0.391 e. The van der Waals surface area contributed by atoms with Gasteiger partial charge < -0.3 is 10.8 Å². The van der Waals surface area contributed by atoms with Crippen molar-refractivity contribution >= 4 is 17.1 Å². The predicted octanol–water partition coefficient (Wildman–Crippen LogP) is 1.78. The van der Waals surface area contributed by atoms with Crippen LogP contribution in [0.5, 0.6) is 0 Å². The van der Waals surface area contributed by atoms with Gasteiger partial charge in [0.1, 0.15) is 5.52 Å². The van der Waals surface area contributed by atoms with Crippen LogP contribution in [-0.4, -0.2) is 30.5 Å². The molecule has 1 aliphatic rings. The molecular weight excluding hydrogens is 254 g/mol. The molecule has 0 radical (unpaired) electrons. The number of nitrogen functional groups attached to an aromatic ring is 1. The molecule has 6 heteroatoms. The zero-order valence-corrected chi connectivity index (χ0v) is 12.2. The predicted molar refractivity (Wildman–Crippen MR) is 78.4 cm³/mol. The Morgan fingerprint density at radius 2 is 2.10 bits per heavy atom. The van der Waals surface area contributed by atoms with Crippen LogP contribution in [0.25, 0.3) is 11.2 Å². The van der Waals surface area contributed by atoms with E-state index in [1.807, 2.05) is 16.3 Å². The summed E-state index contributed by atoms with van der Waals surface area (Å²) in [5.41, 5.74) is 8.96. The fourth-order valence-corrected chi connectivity index (χ4v) is 3.34. The monoisotopic (exact) mass is 277 g/mol. The second kappa shape index (κ2) is 5.09. The standard InChI is InChI=1S/C14H23N5O/c1-3-6-9-12-13(18(2)17-9)19(14(15)16-12)10-7-4-5-8-11(10)20/h10-11,20H,3-8H2,1-2H3,(H2,15,16). The van der Waals surface area contributed by atoms with E-state index in [1.54, 1.807) is 0 Å². The van der Waals surface area contributed by atoms with Gasteiger partial charge in [-0.1, -0.05) is 26.2 Å². The number of aliphatic hydroxyl groups excluding tert-OH is 1. The lowest BCUT2D eigenvalue weighted by Gasteiger charge is -2.29. The van der Waals surface area contributed by atoms with Crippen LogP contribution in [0.4, 0.5) is 5.95 Å². The number of anilines is 1. The molecule has 0 bridgehead atoms. The number of hydrogen-bond acceptors (Lipinski definition) is 4. The molecule has 2 aromatic rings. The number of nitrogens with two attached hydrogens (primary N) is 1. The minimum atomic E-state index is -0.340. The maximum absolute atomic E-state index is 10.3. The van der Waals surface area contributed by atoms with E-state index in [0.29, 0.717) is 5.95 Å². The molecule has 1 saturated carbocycles. The van der Waals surface area contributed by atoms with Gasteiger partial charge in [0.2, 0.25) is 5.95 Å². The molecule has 3 rings (SSSR count). The smallest absolute Gasteiger partial charge is 0.202 e. The van der Waals surface area contributed by atoms with Gasteiger partial charge in [-0.2, -0.15) is 5.10 Å². The molecule has 6 nitrogen and oxygen atoms in total. The average Bonchev–Trinajstić information content (AvgIpc) is 2.89. The summed E-state index contributed by atoms with van der Waals surface area (Å²) in [6, 6.07) is 0.0265. The zero-order valence-electron chi connectivity index (χ0n) is 12.2. The third-order valence-corrected chi connectivity index (χ3v) is 4.28. The van der Waals surface area contributed by atoms with Gasteiger partial charge >= 0.3 is 0 Å². The summed E-state index contributed by atoms with van der Waals surface area (Å²) < 4.78 is 3.84. The molecule has 0 saturated heterocycles. The van der Waals surface area contributed by atoms with Gasteiger partial charge in [0.15, 0.2) is 5.65 Å². The molecular formula is C14H23N5O. The molecule has 2 unspecified atom stereocenters. The first-order chi connectivity index (χ1) is 9.63.